The van der Waals surface area contributed by atoms with Crippen LogP contribution in [0.5, 0.6) is 11.5 Å². The number of methoxy groups -OCH3 is 1. The van der Waals surface area contributed by atoms with Crippen LogP contribution in [-0.4, -0.2) is 30.5 Å². The van der Waals surface area contributed by atoms with Crippen molar-refractivity contribution >= 4 is 23.1 Å². The first-order chi connectivity index (χ1) is 16.9. The molecule has 1 N–H and O–H groups in total. The van der Waals surface area contributed by atoms with E-state index in [4.69, 9.17) is 9.47 Å². The van der Waals surface area contributed by atoms with E-state index in [9.17, 15) is 14.7 Å². The molecule has 35 heavy (non-hydrogen) atoms. The van der Waals surface area contributed by atoms with Gasteiger partial charge in [-0.2, -0.15) is 0 Å². The van der Waals surface area contributed by atoms with Gasteiger partial charge in [-0.3, -0.25) is 14.5 Å². The minimum absolute atomic E-state index is 0.0337. The Bertz CT molecular complexity index is 1290. The first kappa shape index (κ1) is 24.1. The fourth-order valence-corrected chi connectivity index (χ4v) is 4.29. The molecule has 1 fully saturated rings. The van der Waals surface area contributed by atoms with E-state index >= 15 is 0 Å². The maximum Gasteiger partial charge on any atom is 0.300 e. The maximum atomic E-state index is 13.4. The summed E-state index contributed by atoms with van der Waals surface area (Å²) in [5.41, 5.74) is 3.64. The Morgan fingerprint density at radius 1 is 0.971 bits per heavy atom. The van der Waals surface area contributed by atoms with Gasteiger partial charge in [0.05, 0.1) is 25.3 Å². The van der Waals surface area contributed by atoms with E-state index in [1.807, 2.05) is 45.0 Å². The normalized spacial score (nSPS) is 17.0. The van der Waals surface area contributed by atoms with Crippen LogP contribution < -0.4 is 14.4 Å². The molecule has 3 aromatic rings. The van der Waals surface area contributed by atoms with Crippen LogP contribution in [0.25, 0.3) is 5.76 Å². The molecule has 1 amide bonds. The van der Waals surface area contributed by atoms with Crippen LogP contribution in [-0.2, 0) is 9.59 Å². The third-order valence-electron chi connectivity index (χ3n) is 6.29. The number of nitrogens with zero attached hydrogens (tertiary/aromatic N) is 1. The van der Waals surface area contributed by atoms with Crippen LogP contribution in [0.4, 0.5) is 5.69 Å². The Balaban J connectivity index is 1.90. The zero-order valence-corrected chi connectivity index (χ0v) is 20.4. The number of carbonyl (C=O) groups is 2. The highest BCUT2D eigenvalue weighted by Crippen LogP contribution is 2.44. The fraction of sp³-hybridized carbons (Fsp3) is 0.241. The minimum atomic E-state index is -0.818. The summed E-state index contributed by atoms with van der Waals surface area (Å²) < 4.78 is 11.0. The lowest BCUT2D eigenvalue weighted by molar-refractivity contribution is -0.132. The van der Waals surface area contributed by atoms with Crippen molar-refractivity contribution in [2.75, 3.05) is 18.6 Å². The van der Waals surface area contributed by atoms with Gasteiger partial charge in [0.15, 0.2) is 0 Å². The van der Waals surface area contributed by atoms with Gasteiger partial charge in [0.1, 0.15) is 17.3 Å². The smallest absolute Gasteiger partial charge is 0.300 e. The van der Waals surface area contributed by atoms with Crippen molar-refractivity contribution < 1.29 is 24.2 Å². The van der Waals surface area contributed by atoms with E-state index in [1.54, 1.807) is 49.6 Å². The van der Waals surface area contributed by atoms with Crippen molar-refractivity contribution in [3.8, 4) is 11.5 Å². The topological polar surface area (TPSA) is 76.1 Å². The molecular formula is C29H29NO5. The number of benzene rings is 3. The zero-order chi connectivity index (χ0) is 25.1. The Morgan fingerprint density at radius 2 is 1.69 bits per heavy atom. The number of hydrogen-bond acceptors (Lipinski definition) is 5. The first-order valence-electron chi connectivity index (χ1n) is 11.6. The van der Waals surface area contributed by atoms with Crippen LogP contribution in [0, 0.1) is 13.8 Å². The zero-order valence-electron chi connectivity index (χ0n) is 20.4. The second-order valence-corrected chi connectivity index (χ2v) is 8.54. The Kier molecular flexibility index (Phi) is 6.92. The van der Waals surface area contributed by atoms with Gasteiger partial charge < -0.3 is 14.6 Å². The van der Waals surface area contributed by atoms with Crippen LogP contribution in [0.2, 0.25) is 0 Å². The average Bonchev–Trinajstić information content (AvgIpc) is 3.14. The lowest BCUT2D eigenvalue weighted by atomic mass is 9.94. The number of ketones is 1. The molecule has 3 aromatic carbocycles. The van der Waals surface area contributed by atoms with Crippen molar-refractivity contribution in [3.63, 3.8) is 0 Å². The molecule has 0 aromatic heterocycles. The van der Waals surface area contributed by atoms with E-state index in [1.165, 1.54) is 4.90 Å². The minimum Gasteiger partial charge on any atom is -0.507 e. The number of aliphatic hydroxyl groups excluding tert-OH is 1. The van der Waals surface area contributed by atoms with Crippen LogP contribution in [0.1, 0.15) is 41.6 Å². The van der Waals surface area contributed by atoms with Gasteiger partial charge >= 0.3 is 0 Å². The summed E-state index contributed by atoms with van der Waals surface area (Å²) in [6.45, 7) is 6.48. The molecule has 1 unspecified atom stereocenters. The van der Waals surface area contributed by atoms with Gasteiger partial charge in [0.2, 0.25) is 0 Å². The molecule has 0 spiro atoms. The highest BCUT2D eigenvalue weighted by molar-refractivity contribution is 6.51. The van der Waals surface area contributed by atoms with Crippen LogP contribution >= 0.6 is 0 Å². The third-order valence-corrected chi connectivity index (χ3v) is 6.29. The van der Waals surface area contributed by atoms with Crippen molar-refractivity contribution in [2.24, 2.45) is 0 Å². The van der Waals surface area contributed by atoms with E-state index in [2.05, 4.69) is 0 Å². The second-order valence-electron chi connectivity index (χ2n) is 8.54. The Hall–Kier alpha value is -4.06. The Labute approximate surface area is 205 Å². The Morgan fingerprint density at radius 3 is 2.37 bits per heavy atom. The number of carbonyl (C=O) groups excluding carboxylic acids is 2. The first-order valence-corrected chi connectivity index (χ1v) is 11.6. The lowest BCUT2D eigenvalue weighted by Gasteiger charge is -2.27. The van der Waals surface area contributed by atoms with Gasteiger partial charge in [-0.05, 0) is 79.4 Å². The number of rotatable bonds is 7. The molecule has 1 saturated heterocycles. The van der Waals surface area contributed by atoms with Crippen LogP contribution in [0.3, 0.4) is 0 Å². The molecule has 4 rings (SSSR count). The lowest BCUT2D eigenvalue weighted by Crippen LogP contribution is -2.30. The summed E-state index contributed by atoms with van der Waals surface area (Å²) in [7, 11) is 1.56. The number of anilines is 1. The van der Waals surface area contributed by atoms with Gasteiger partial charge in [0, 0.05) is 11.3 Å². The summed E-state index contributed by atoms with van der Waals surface area (Å²) in [6.07, 6.45) is 0.879. The summed E-state index contributed by atoms with van der Waals surface area (Å²) in [5, 5.41) is 11.3. The van der Waals surface area contributed by atoms with E-state index in [0.29, 0.717) is 34.9 Å². The molecule has 180 valence electrons. The molecule has 0 bridgehead atoms. The van der Waals surface area contributed by atoms with Crippen molar-refractivity contribution in [2.45, 2.75) is 33.2 Å². The summed E-state index contributed by atoms with van der Waals surface area (Å²) in [5.74, 6) is -0.389. The summed E-state index contributed by atoms with van der Waals surface area (Å²) >= 11 is 0. The predicted octanol–water partition coefficient (Wildman–Crippen LogP) is 5.73. The molecule has 1 aliphatic rings. The van der Waals surface area contributed by atoms with E-state index in [0.717, 1.165) is 17.5 Å². The van der Waals surface area contributed by atoms with E-state index in [-0.39, 0.29) is 11.3 Å². The highest BCUT2D eigenvalue weighted by atomic mass is 16.5. The SMILES string of the molecule is CCCOc1ccc(/C(O)=C2\C(=O)C(=O)N(c3cccc(C)c3C)C2c2cccc(OC)c2)cc1. The maximum absolute atomic E-state index is 13.4. The molecular weight excluding hydrogens is 442 g/mol. The molecule has 6 heteroatoms. The number of aliphatic hydroxyl groups is 1. The molecule has 0 aliphatic carbocycles. The fourth-order valence-electron chi connectivity index (χ4n) is 4.29. The molecule has 1 aliphatic heterocycles. The van der Waals surface area contributed by atoms with Gasteiger partial charge in [-0.25, -0.2) is 0 Å². The summed E-state index contributed by atoms with van der Waals surface area (Å²) in [6, 6.07) is 18.9. The second kappa shape index (κ2) is 10.1. The van der Waals surface area contributed by atoms with Crippen LogP contribution in [0.15, 0.2) is 72.3 Å². The monoisotopic (exact) mass is 471 g/mol. The van der Waals surface area contributed by atoms with Gasteiger partial charge in [0.25, 0.3) is 11.7 Å². The van der Waals surface area contributed by atoms with Crippen molar-refractivity contribution in [1.82, 2.24) is 0 Å². The van der Waals surface area contributed by atoms with Crippen molar-refractivity contribution in [3.05, 3.63) is 94.6 Å². The molecule has 6 nitrogen and oxygen atoms in total. The summed E-state index contributed by atoms with van der Waals surface area (Å²) in [4.78, 5) is 28.3. The molecule has 1 atom stereocenters. The quantitative estimate of drug-likeness (QED) is 0.271. The largest absolute Gasteiger partial charge is 0.507 e. The van der Waals surface area contributed by atoms with E-state index < -0.39 is 17.7 Å². The molecule has 1 heterocycles. The predicted molar refractivity (Wildman–Crippen MR) is 136 cm³/mol. The van der Waals surface area contributed by atoms with Gasteiger partial charge in [-0.15, -0.1) is 0 Å². The number of ether oxygens (including phenoxy) is 2. The molecule has 0 saturated carbocycles. The highest BCUT2D eigenvalue weighted by Gasteiger charge is 2.47. The van der Waals surface area contributed by atoms with Gasteiger partial charge in [-0.1, -0.05) is 31.2 Å². The number of Topliss-reactive ketones (excluding diaryl/α,β-unsaturated/α-hetero) is 1. The average molecular weight is 472 g/mol. The third kappa shape index (κ3) is 4.52. The van der Waals surface area contributed by atoms with Crippen molar-refractivity contribution in [1.29, 1.82) is 0 Å². The molecule has 0 radical (unpaired) electrons. The number of amides is 1. The number of hydrogen-bond donors (Lipinski definition) is 1. The standard InChI is InChI=1S/C29H29NO5/c1-5-16-35-22-14-12-20(13-15-22)27(31)25-26(21-9-7-10-23(17-21)34-4)30(29(33)28(25)32)24-11-6-8-18(2)19(24)3/h6-15,17,26,31H,5,16H2,1-4H3/b27-25+. The number of aryl methyl sites for hydroxylation is 1.